The van der Waals surface area contributed by atoms with Crippen LogP contribution < -0.4 is 5.32 Å². The summed E-state index contributed by atoms with van der Waals surface area (Å²) in [5.41, 5.74) is 8.57. The van der Waals surface area contributed by atoms with E-state index >= 15 is 0 Å². The highest BCUT2D eigenvalue weighted by atomic mass is 32.2. The molecule has 8 rings (SSSR count). The van der Waals surface area contributed by atoms with Gasteiger partial charge in [-0.05, 0) is 52.1 Å². The third-order valence-corrected chi connectivity index (χ3v) is 11.7. The Bertz CT molecular complexity index is 2300. The van der Waals surface area contributed by atoms with Crippen molar-refractivity contribution in [2.24, 2.45) is 5.92 Å². The fraction of sp³-hybridized carbons (Fsp3) is 0.190. The molecule has 1 amide bonds. The number of rotatable bonds is 10. The van der Waals surface area contributed by atoms with Gasteiger partial charge in [-0.3, -0.25) is 9.78 Å². The number of aliphatic hydroxyl groups excluding tert-OH is 1. The number of thiazole rings is 1. The zero-order valence-corrected chi connectivity index (χ0v) is 30.0. The van der Waals surface area contributed by atoms with Crippen molar-refractivity contribution in [3.63, 3.8) is 0 Å². The maximum atomic E-state index is 13.1. The fourth-order valence-electron chi connectivity index (χ4n) is 6.48. The summed E-state index contributed by atoms with van der Waals surface area (Å²) >= 11 is 3.42. The highest BCUT2D eigenvalue weighted by Gasteiger charge is 2.38. The molecule has 52 heavy (non-hydrogen) atoms. The summed E-state index contributed by atoms with van der Waals surface area (Å²) in [6, 6.07) is 40.0. The van der Waals surface area contributed by atoms with E-state index in [1.165, 1.54) is 10.9 Å². The summed E-state index contributed by atoms with van der Waals surface area (Å²) in [5, 5.41) is 12.6. The first kappa shape index (κ1) is 34.1. The Morgan fingerprint density at radius 1 is 0.808 bits per heavy atom. The van der Waals surface area contributed by atoms with E-state index in [9.17, 15) is 9.90 Å². The number of aromatic nitrogens is 3. The maximum absolute atomic E-state index is 13.1. The lowest BCUT2D eigenvalue weighted by molar-refractivity contribution is -0.268. The predicted octanol–water partition coefficient (Wildman–Crippen LogP) is 8.91. The second-order valence-corrected chi connectivity index (χ2v) is 15.1. The number of carbonyl (C=O) groups is 1. The standard InChI is InChI=1S/C42H36N4O4S2/c1-26-37(25-51-42-46-35-12-6-7-13-38(35)52-42)49-41(50-39(26)29-16-14-27(24-47)15-17-29)30-20-18-28(19-21-30)32-9-3-2-8-31(32)22-44-40(48)36-23-43-33-10-4-5-11-34(33)45-36/h2-21,23,26,37,39,41,47H,22,24-25H2,1H3,(H,44,48). The molecular formula is C42H36N4O4S2. The van der Waals surface area contributed by atoms with Gasteiger partial charge in [0.1, 0.15) is 5.69 Å². The summed E-state index contributed by atoms with van der Waals surface area (Å²) in [6.45, 7) is 2.51. The van der Waals surface area contributed by atoms with Crippen molar-refractivity contribution in [2.45, 2.75) is 42.9 Å². The topological polar surface area (TPSA) is 106 Å². The highest BCUT2D eigenvalue weighted by molar-refractivity contribution is 8.01. The van der Waals surface area contributed by atoms with Gasteiger partial charge in [-0.15, -0.1) is 11.3 Å². The van der Waals surface area contributed by atoms with Crippen LogP contribution in [0.5, 0.6) is 0 Å². The van der Waals surface area contributed by atoms with Crippen molar-refractivity contribution >= 4 is 50.3 Å². The lowest BCUT2D eigenvalue weighted by atomic mass is 9.91. The largest absolute Gasteiger partial charge is 0.392 e. The minimum Gasteiger partial charge on any atom is -0.392 e. The summed E-state index contributed by atoms with van der Waals surface area (Å²) in [7, 11) is 0. The summed E-state index contributed by atoms with van der Waals surface area (Å²) < 4.78 is 15.6. The number of carbonyl (C=O) groups excluding carboxylic acids is 1. The normalized spacial score (nSPS) is 18.8. The van der Waals surface area contributed by atoms with Gasteiger partial charge in [0.25, 0.3) is 5.91 Å². The molecule has 1 saturated heterocycles. The zero-order valence-electron chi connectivity index (χ0n) is 28.4. The molecule has 4 atom stereocenters. The number of ether oxygens (including phenoxy) is 2. The van der Waals surface area contributed by atoms with Crippen LogP contribution in [0.4, 0.5) is 0 Å². The van der Waals surface area contributed by atoms with Gasteiger partial charge in [-0.1, -0.05) is 116 Å². The van der Waals surface area contributed by atoms with E-state index in [-0.39, 0.29) is 36.3 Å². The van der Waals surface area contributed by atoms with Gasteiger partial charge in [0.15, 0.2) is 10.6 Å². The van der Waals surface area contributed by atoms with Gasteiger partial charge >= 0.3 is 0 Å². The highest BCUT2D eigenvalue weighted by Crippen LogP contribution is 2.44. The van der Waals surface area contributed by atoms with Crippen LogP contribution in [-0.4, -0.2) is 37.8 Å². The Hall–Kier alpha value is -4.97. The van der Waals surface area contributed by atoms with Crippen molar-refractivity contribution in [1.29, 1.82) is 0 Å². The first-order chi connectivity index (χ1) is 25.5. The van der Waals surface area contributed by atoms with Crippen molar-refractivity contribution in [2.75, 3.05) is 5.75 Å². The maximum Gasteiger partial charge on any atom is 0.271 e. The van der Waals surface area contributed by atoms with Gasteiger partial charge in [0, 0.05) is 23.8 Å². The number of thioether (sulfide) groups is 1. The van der Waals surface area contributed by atoms with E-state index < -0.39 is 6.29 Å². The molecule has 3 heterocycles. The smallest absolute Gasteiger partial charge is 0.271 e. The van der Waals surface area contributed by atoms with Crippen LogP contribution in [0.1, 0.15) is 52.1 Å². The number of benzene rings is 5. The number of amides is 1. The molecule has 1 fully saturated rings. The van der Waals surface area contributed by atoms with Gasteiger partial charge in [0.2, 0.25) is 0 Å². The van der Waals surface area contributed by atoms with Gasteiger partial charge < -0.3 is 19.9 Å². The Morgan fingerprint density at radius 3 is 2.31 bits per heavy atom. The minimum atomic E-state index is -0.577. The number of nitrogens with one attached hydrogen (secondary N) is 1. The zero-order chi connectivity index (χ0) is 35.4. The number of fused-ring (bicyclic) bond motifs is 2. The lowest BCUT2D eigenvalue weighted by Crippen LogP contribution is -2.38. The molecule has 0 radical (unpaired) electrons. The van der Waals surface area contributed by atoms with Crippen LogP contribution in [0.15, 0.2) is 132 Å². The summed E-state index contributed by atoms with van der Waals surface area (Å²) in [4.78, 5) is 26.8. The Labute approximate surface area is 309 Å². The second kappa shape index (κ2) is 15.3. The molecule has 1 aliphatic rings. The van der Waals surface area contributed by atoms with Crippen molar-refractivity contribution < 1.29 is 19.4 Å². The average molecular weight is 725 g/mol. The SMILES string of the molecule is CC1C(CSc2nc3ccccc3s2)OC(c2ccc(-c3ccccc3CNC(=O)c3cnc4ccccc4n3)cc2)OC1c1ccc(CO)cc1. The predicted molar refractivity (Wildman–Crippen MR) is 206 cm³/mol. The van der Waals surface area contributed by atoms with Crippen molar-refractivity contribution in [3.05, 3.63) is 155 Å². The molecule has 5 aromatic carbocycles. The molecule has 0 spiro atoms. The Morgan fingerprint density at radius 2 is 1.52 bits per heavy atom. The molecule has 0 bridgehead atoms. The quantitative estimate of drug-likeness (QED) is 0.135. The van der Waals surface area contributed by atoms with E-state index in [0.717, 1.165) is 54.5 Å². The monoisotopic (exact) mass is 724 g/mol. The van der Waals surface area contributed by atoms with Crippen LogP contribution in [0.25, 0.3) is 32.4 Å². The lowest BCUT2D eigenvalue weighted by Gasteiger charge is -2.41. The molecule has 7 aromatic rings. The molecule has 4 unspecified atom stereocenters. The van der Waals surface area contributed by atoms with Gasteiger partial charge in [-0.25, -0.2) is 9.97 Å². The van der Waals surface area contributed by atoms with E-state index in [4.69, 9.17) is 14.5 Å². The van der Waals surface area contributed by atoms with Crippen molar-refractivity contribution in [1.82, 2.24) is 20.3 Å². The molecule has 2 aromatic heterocycles. The molecule has 260 valence electrons. The van der Waals surface area contributed by atoms with Crippen LogP contribution in [0.2, 0.25) is 0 Å². The molecule has 0 aliphatic carbocycles. The van der Waals surface area contributed by atoms with E-state index in [1.807, 2.05) is 84.9 Å². The summed E-state index contributed by atoms with van der Waals surface area (Å²) in [6.07, 6.45) is 0.627. The van der Waals surface area contributed by atoms with E-state index in [1.54, 1.807) is 23.1 Å². The summed E-state index contributed by atoms with van der Waals surface area (Å²) in [5.74, 6) is 0.523. The second-order valence-electron chi connectivity index (χ2n) is 12.8. The van der Waals surface area contributed by atoms with Crippen LogP contribution >= 0.6 is 23.1 Å². The number of para-hydroxylation sites is 3. The number of aliphatic hydroxyl groups is 1. The first-order valence-electron chi connectivity index (χ1n) is 17.2. The van der Waals surface area contributed by atoms with Crippen LogP contribution in [0.3, 0.4) is 0 Å². The van der Waals surface area contributed by atoms with Crippen LogP contribution in [-0.2, 0) is 22.6 Å². The van der Waals surface area contributed by atoms with Gasteiger partial charge in [0.05, 0.1) is 46.3 Å². The average Bonchev–Trinajstić information content (AvgIpc) is 3.63. The first-order valence-corrected chi connectivity index (χ1v) is 19.0. The number of hydrogen-bond acceptors (Lipinski definition) is 9. The van der Waals surface area contributed by atoms with Crippen LogP contribution in [0, 0.1) is 5.92 Å². The molecule has 0 saturated carbocycles. The third kappa shape index (κ3) is 7.34. The molecule has 1 aliphatic heterocycles. The third-order valence-electron chi connectivity index (χ3n) is 9.40. The molecule has 8 nitrogen and oxygen atoms in total. The van der Waals surface area contributed by atoms with Gasteiger partial charge in [-0.2, -0.15) is 0 Å². The molecule has 10 heteroatoms. The Kier molecular flexibility index (Phi) is 10.1. The molecule has 2 N–H and O–H groups in total. The number of hydrogen-bond donors (Lipinski definition) is 2. The van der Waals surface area contributed by atoms with Crippen molar-refractivity contribution in [3.8, 4) is 11.1 Å². The van der Waals surface area contributed by atoms with E-state index in [0.29, 0.717) is 12.1 Å². The van der Waals surface area contributed by atoms with E-state index in [2.05, 4.69) is 58.6 Å². The number of nitrogens with zero attached hydrogens (tertiary/aromatic N) is 3. The fourth-order valence-corrected chi connectivity index (χ4v) is 8.74. The Balaban J connectivity index is 1.00. The molecular weight excluding hydrogens is 689 g/mol. The minimum absolute atomic E-state index is 0.00445.